The highest BCUT2D eigenvalue weighted by Gasteiger charge is 2.10. The number of nitrogens with two attached hydrogens (primary N) is 1. The van der Waals surface area contributed by atoms with Crippen LogP contribution in [0, 0.1) is 6.92 Å². The third-order valence-electron chi connectivity index (χ3n) is 5.12. The molecule has 0 atom stereocenters. The van der Waals surface area contributed by atoms with Crippen LogP contribution in [-0.2, 0) is 0 Å². The Kier molecular flexibility index (Phi) is 5.38. The molecule has 0 aliphatic carbocycles. The zero-order chi connectivity index (χ0) is 20.2. The molecule has 4 rings (SSSR count). The lowest BCUT2D eigenvalue weighted by atomic mass is 10.0. The predicted molar refractivity (Wildman–Crippen MR) is 118 cm³/mol. The van der Waals surface area contributed by atoms with E-state index in [1.807, 2.05) is 37.3 Å². The zero-order valence-electron chi connectivity index (χ0n) is 16.8. The number of benzene rings is 2. The fourth-order valence-electron chi connectivity index (χ4n) is 3.38. The van der Waals surface area contributed by atoms with Crippen molar-refractivity contribution in [3.63, 3.8) is 0 Å². The van der Waals surface area contributed by atoms with E-state index in [0.29, 0.717) is 6.61 Å². The first-order valence-corrected chi connectivity index (χ1v) is 9.68. The van der Waals surface area contributed by atoms with E-state index in [2.05, 4.69) is 40.4 Å². The summed E-state index contributed by atoms with van der Waals surface area (Å²) in [5.41, 5.74) is 11.1. The van der Waals surface area contributed by atoms with E-state index in [1.54, 1.807) is 13.3 Å². The molecule has 0 saturated heterocycles. The molecule has 5 heteroatoms. The van der Waals surface area contributed by atoms with E-state index < -0.39 is 0 Å². The van der Waals surface area contributed by atoms with Crippen LogP contribution in [0.1, 0.15) is 11.1 Å². The van der Waals surface area contributed by atoms with Crippen LogP contribution >= 0.6 is 0 Å². The van der Waals surface area contributed by atoms with Crippen molar-refractivity contribution in [3.8, 4) is 11.5 Å². The van der Waals surface area contributed by atoms with Crippen LogP contribution in [0.15, 0.2) is 67.0 Å². The molecule has 0 amide bonds. The molecule has 0 radical (unpaired) electrons. The second-order valence-corrected chi connectivity index (χ2v) is 7.09. The minimum Gasteiger partial charge on any atom is -0.497 e. The summed E-state index contributed by atoms with van der Waals surface area (Å²) in [6, 6.07) is 13.9. The molecule has 2 aromatic carbocycles. The van der Waals surface area contributed by atoms with Gasteiger partial charge in [0.25, 0.3) is 0 Å². The van der Waals surface area contributed by atoms with Gasteiger partial charge >= 0.3 is 0 Å². The number of rotatable bonds is 6. The molecule has 1 aromatic heterocycles. The normalized spacial score (nSPS) is 13.4. The smallest absolute Gasteiger partial charge is 0.130 e. The van der Waals surface area contributed by atoms with Gasteiger partial charge < -0.3 is 20.1 Å². The van der Waals surface area contributed by atoms with Gasteiger partial charge in [-0.15, -0.1) is 0 Å². The van der Waals surface area contributed by atoms with Gasteiger partial charge in [-0.3, -0.25) is 4.98 Å². The quantitative estimate of drug-likeness (QED) is 0.634. The van der Waals surface area contributed by atoms with Gasteiger partial charge in [0, 0.05) is 36.1 Å². The van der Waals surface area contributed by atoms with Gasteiger partial charge in [-0.25, -0.2) is 0 Å². The maximum atomic E-state index is 6.08. The van der Waals surface area contributed by atoms with Gasteiger partial charge in [0.1, 0.15) is 18.1 Å². The van der Waals surface area contributed by atoms with Gasteiger partial charge in [0.05, 0.1) is 19.2 Å². The van der Waals surface area contributed by atoms with Crippen molar-refractivity contribution in [2.24, 2.45) is 0 Å². The minimum atomic E-state index is 0.582. The van der Waals surface area contributed by atoms with Gasteiger partial charge in [0.2, 0.25) is 0 Å². The van der Waals surface area contributed by atoms with E-state index in [9.17, 15) is 0 Å². The van der Waals surface area contributed by atoms with Crippen molar-refractivity contribution in [2.45, 2.75) is 6.92 Å². The van der Waals surface area contributed by atoms with Crippen LogP contribution in [0.4, 0.5) is 5.69 Å². The number of nitrogens with zero attached hydrogens (tertiary/aromatic N) is 2. The van der Waals surface area contributed by atoms with Crippen LogP contribution in [0.2, 0.25) is 0 Å². The largest absolute Gasteiger partial charge is 0.497 e. The van der Waals surface area contributed by atoms with Gasteiger partial charge in [-0.1, -0.05) is 24.3 Å². The molecule has 0 fully saturated rings. The van der Waals surface area contributed by atoms with Crippen molar-refractivity contribution in [1.82, 2.24) is 9.88 Å². The summed E-state index contributed by atoms with van der Waals surface area (Å²) >= 11 is 0. The fourth-order valence-corrected chi connectivity index (χ4v) is 3.38. The number of anilines is 1. The van der Waals surface area contributed by atoms with Crippen LogP contribution < -0.4 is 15.2 Å². The van der Waals surface area contributed by atoms with E-state index >= 15 is 0 Å². The number of fused-ring (bicyclic) bond motifs is 1. The Morgan fingerprint density at radius 1 is 1.14 bits per heavy atom. The van der Waals surface area contributed by atoms with E-state index in [4.69, 9.17) is 15.2 Å². The molecule has 0 spiro atoms. The SMILES string of the molecule is COc1ccc2c(OCCN3C=C(c4ccc(C)c(N)c4)C=CC3)ccnc2c1. The van der Waals surface area contributed by atoms with E-state index in [-0.39, 0.29) is 0 Å². The average molecular weight is 387 g/mol. The maximum absolute atomic E-state index is 6.08. The number of hydrogen-bond acceptors (Lipinski definition) is 5. The first kappa shape index (κ1) is 18.9. The van der Waals surface area contributed by atoms with Crippen molar-refractivity contribution in [2.75, 3.05) is 32.5 Å². The Hall–Kier alpha value is -3.47. The van der Waals surface area contributed by atoms with Gasteiger partial charge in [-0.2, -0.15) is 0 Å². The summed E-state index contributed by atoms with van der Waals surface area (Å²) < 4.78 is 11.4. The molecule has 2 N–H and O–H groups in total. The highest BCUT2D eigenvalue weighted by atomic mass is 16.5. The fraction of sp³-hybridized carbons (Fsp3) is 0.208. The third-order valence-corrected chi connectivity index (χ3v) is 5.12. The second-order valence-electron chi connectivity index (χ2n) is 7.09. The summed E-state index contributed by atoms with van der Waals surface area (Å²) in [6.07, 6.45) is 8.24. The number of allylic oxidation sites excluding steroid dienone is 2. The maximum Gasteiger partial charge on any atom is 0.130 e. The van der Waals surface area contributed by atoms with Crippen molar-refractivity contribution < 1.29 is 9.47 Å². The molecule has 0 saturated carbocycles. The number of aryl methyl sites for hydroxylation is 1. The highest BCUT2D eigenvalue weighted by molar-refractivity contribution is 5.86. The summed E-state index contributed by atoms with van der Waals surface area (Å²) in [7, 11) is 1.65. The number of ether oxygens (including phenoxy) is 2. The lowest BCUT2D eigenvalue weighted by Crippen LogP contribution is -2.25. The van der Waals surface area contributed by atoms with Gasteiger partial charge in [0.15, 0.2) is 0 Å². The van der Waals surface area contributed by atoms with Crippen LogP contribution in [0.5, 0.6) is 11.5 Å². The number of nitrogen functional groups attached to an aromatic ring is 1. The Balaban J connectivity index is 1.43. The molecule has 1 aliphatic heterocycles. The summed E-state index contributed by atoms with van der Waals surface area (Å²) in [5.74, 6) is 1.62. The zero-order valence-corrected chi connectivity index (χ0v) is 16.8. The molecule has 29 heavy (non-hydrogen) atoms. The number of pyridine rings is 1. The lowest BCUT2D eigenvalue weighted by Gasteiger charge is -2.23. The Morgan fingerprint density at radius 2 is 2.03 bits per heavy atom. The monoisotopic (exact) mass is 387 g/mol. The molecular weight excluding hydrogens is 362 g/mol. The van der Waals surface area contributed by atoms with Crippen molar-refractivity contribution in [3.05, 3.63) is 78.1 Å². The Morgan fingerprint density at radius 3 is 2.86 bits per heavy atom. The molecule has 0 bridgehead atoms. The Labute approximate surface area is 171 Å². The topological polar surface area (TPSA) is 60.6 Å². The first-order valence-electron chi connectivity index (χ1n) is 9.68. The van der Waals surface area contributed by atoms with Crippen LogP contribution in [-0.4, -0.2) is 36.7 Å². The molecule has 0 unspecified atom stereocenters. The molecule has 1 aliphatic rings. The lowest BCUT2D eigenvalue weighted by molar-refractivity contribution is 0.266. The first-order chi connectivity index (χ1) is 14.1. The summed E-state index contributed by atoms with van der Waals surface area (Å²) in [6.45, 7) is 4.25. The average Bonchev–Trinajstić information content (AvgIpc) is 2.75. The molecule has 5 nitrogen and oxygen atoms in total. The van der Waals surface area contributed by atoms with E-state index in [1.165, 1.54) is 0 Å². The molecule has 2 heterocycles. The van der Waals surface area contributed by atoms with Crippen LogP contribution in [0.3, 0.4) is 0 Å². The Bertz CT molecular complexity index is 1090. The molecule has 148 valence electrons. The highest BCUT2D eigenvalue weighted by Crippen LogP contribution is 2.27. The van der Waals surface area contributed by atoms with Crippen molar-refractivity contribution in [1.29, 1.82) is 0 Å². The van der Waals surface area contributed by atoms with Crippen LogP contribution in [0.25, 0.3) is 16.5 Å². The third kappa shape index (κ3) is 4.19. The number of hydrogen-bond donors (Lipinski definition) is 1. The standard InChI is InChI=1S/C24H25N3O2/c1-17-5-6-18(14-22(17)25)19-4-3-11-27(16-19)12-13-29-24-9-10-26-23-15-20(28-2)7-8-21(23)24/h3-10,14-16H,11-13,25H2,1-2H3. The van der Waals surface area contributed by atoms with E-state index in [0.717, 1.165) is 57.9 Å². The van der Waals surface area contributed by atoms with Gasteiger partial charge in [-0.05, 0) is 47.9 Å². The molecule has 3 aromatic rings. The molecular formula is C24H25N3O2. The summed E-state index contributed by atoms with van der Waals surface area (Å²) in [4.78, 5) is 6.65. The second kappa shape index (κ2) is 8.27. The number of aromatic nitrogens is 1. The number of methoxy groups -OCH3 is 1. The predicted octanol–water partition coefficient (Wildman–Crippen LogP) is 4.43. The van der Waals surface area contributed by atoms with Crippen molar-refractivity contribution >= 4 is 22.2 Å². The minimum absolute atomic E-state index is 0.582. The summed E-state index contributed by atoms with van der Waals surface area (Å²) in [5, 5.41) is 0.984.